The predicted molar refractivity (Wildman–Crippen MR) is 165 cm³/mol. The molecule has 1 heterocycles. The first-order valence-corrected chi connectivity index (χ1v) is 13.2. The molecule has 184 valence electrons. The van der Waals surface area contributed by atoms with Crippen molar-refractivity contribution in [3.8, 4) is 22.3 Å². The molecule has 0 fully saturated rings. The average Bonchev–Trinajstić information content (AvgIpc) is 3.03. The molecule has 0 aliphatic rings. The van der Waals surface area contributed by atoms with Crippen LogP contribution < -0.4 is 4.90 Å². The minimum absolute atomic E-state index is 0.918. The highest BCUT2D eigenvalue weighted by Gasteiger charge is 2.19. The van der Waals surface area contributed by atoms with Gasteiger partial charge < -0.3 is 0 Å². The summed E-state index contributed by atoms with van der Waals surface area (Å²) in [4.78, 5) is 7.55. The van der Waals surface area contributed by atoms with E-state index in [4.69, 9.17) is 4.98 Å². The van der Waals surface area contributed by atoms with Crippen molar-refractivity contribution in [3.05, 3.63) is 158 Å². The van der Waals surface area contributed by atoms with Gasteiger partial charge in [0.1, 0.15) is 5.82 Å². The van der Waals surface area contributed by atoms with Crippen LogP contribution in [0.4, 0.5) is 17.2 Å². The van der Waals surface area contributed by atoms with Gasteiger partial charge in [-0.05, 0) is 58.0 Å². The van der Waals surface area contributed by atoms with E-state index in [1.165, 1.54) is 27.6 Å². The first-order chi connectivity index (χ1) is 19.3. The van der Waals surface area contributed by atoms with Gasteiger partial charge in [0, 0.05) is 22.1 Å². The molecule has 0 bridgehead atoms. The lowest BCUT2D eigenvalue weighted by Gasteiger charge is -2.27. The van der Waals surface area contributed by atoms with Crippen LogP contribution in [-0.4, -0.2) is 4.98 Å². The van der Waals surface area contributed by atoms with Crippen LogP contribution in [0.1, 0.15) is 0 Å². The molecular weight excluding hydrogens is 472 g/mol. The predicted octanol–water partition coefficient (Wildman–Crippen LogP) is 10.2. The third-order valence-electron chi connectivity index (χ3n) is 7.24. The van der Waals surface area contributed by atoms with E-state index in [0.717, 1.165) is 33.5 Å². The van der Waals surface area contributed by atoms with E-state index >= 15 is 0 Å². The molecular formula is C37H26N2. The lowest BCUT2D eigenvalue weighted by Crippen LogP contribution is -2.12. The summed E-state index contributed by atoms with van der Waals surface area (Å²) in [6.45, 7) is 0. The van der Waals surface area contributed by atoms with E-state index in [1.54, 1.807) is 0 Å². The van der Waals surface area contributed by atoms with Gasteiger partial charge in [-0.2, -0.15) is 0 Å². The number of para-hydroxylation sites is 1. The van der Waals surface area contributed by atoms with E-state index < -0.39 is 0 Å². The molecule has 0 saturated carbocycles. The zero-order valence-corrected chi connectivity index (χ0v) is 21.4. The van der Waals surface area contributed by atoms with Gasteiger partial charge in [-0.25, -0.2) is 4.98 Å². The second kappa shape index (κ2) is 9.92. The van der Waals surface area contributed by atoms with E-state index in [1.807, 2.05) is 0 Å². The monoisotopic (exact) mass is 498 g/mol. The fourth-order valence-corrected chi connectivity index (χ4v) is 5.34. The maximum atomic E-state index is 5.27. The van der Waals surface area contributed by atoms with E-state index in [9.17, 15) is 0 Å². The molecule has 0 aliphatic heterocycles. The van der Waals surface area contributed by atoms with Crippen LogP contribution in [-0.2, 0) is 0 Å². The van der Waals surface area contributed by atoms with Crippen molar-refractivity contribution in [3.63, 3.8) is 0 Å². The second-order valence-electron chi connectivity index (χ2n) is 9.66. The molecule has 1 aromatic heterocycles. The fraction of sp³-hybridized carbons (Fsp3) is 0. The van der Waals surface area contributed by atoms with Gasteiger partial charge in [0.15, 0.2) is 0 Å². The summed E-state index contributed by atoms with van der Waals surface area (Å²) in [7, 11) is 0. The third-order valence-corrected chi connectivity index (χ3v) is 7.24. The van der Waals surface area contributed by atoms with E-state index in [0.29, 0.717) is 0 Å². The first kappa shape index (κ1) is 22.9. The smallest absolute Gasteiger partial charge is 0.146 e. The highest BCUT2D eigenvalue weighted by atomic mass is 15.2. The number of anilines is 3. The highest BCUT2D eigenvalue weighted by molar-refractivity contribution is 6.11. The molecule has 0 saturated heterocycles. The summed E-state index contributed by atoms with van der Waals surface area (Å²) < 4.78 is 0. The Morgan fingerprint density at radius 3 is 1.62 bits per heavy atom. The Kier molecular flexibility index (Phi) is 5.84. The van der Waals surface area contributed by atoms with E-state index in [-0.39, 0.29) is 0 Å². The molecule has 2 nitrogen and oxygen atoms in total. The Morgan fingerprint density at radius 2 is 0.897 bits per heavy atom. The van der Waals surface area contributed by atoms with Crippen molar-refractivity contribution in [2.45, 2.75) is 0 Å². The molecule has 7 rings (SSSR count). The van der Waals surface area contributed by atoms with Gasteiger partial charge in [0.05, 0.1) is 5.52 Å². The van der Waals surface area contributed by atoms with Crippen LogP contribution in [0.2, 0.25) is 0 Å². The molecule has 0 aliphatic carbocycles. The Morgan fingerprint density at radius 1 is 0.359 bits per heavy atom. The minimum Gasteiger partial charge on any atom is -0.294 e. The number of aromatic nitrogens is 1. The summed E-state index contributed by atoms with van der Waals surface area (Å²) in [6, 6.07) is 55.5. The lowest BCUT2D eigenvalue weighted by molar-refractivity contribution is 1.22. The Hall–Kier alpha value is -5.21. The molecule has 0 radical (unpaired) electrons. The summed E-state index contributed by atoms with van der Waals surface area (Å²) in [5.74, 6) is 0.918. The first-order valence-electron chi connectivity index (χ1n) is 13.2. The standard InChI is InChI=1S/C37H26N2/c1-3-12-27(13-4-1)29-22-24-31(25-23-29)39(32-17-11-16-30(26-32)28-14-5-2-6-15-28)37-35-20-8-7-18-33(35)34-19-9-10-21-36(34)38-37/h1-26H. The summed E-state index contributed by atoms with van der Waals surface area (Å²) in [5, 5.41) is 3.48. The van der Waals surface area contributed by atoms with Gasteiger partial charge in [0.25, 0.3) is 0 Å². The Balaban J connectivity index is 1.46. The minimum atomic E-state index is 0.918. The van der Waals surface area contributed by atoms with Crippen molar-refractivity contribution in [2.75, 3.05) is 4.90 Å². The number of nitrogens with zero attached hydrogens (tertiary/aromatic N) is 2. The van der Waals surface area contributed by atoms with E-state index in [2.05, 4.69) is 163 Å². The SMILES string of the molecule is c1ccc(-c2ccc(N(c3cccc(-c4ccccc4)c3)c3nc4ccccc4c4ccccc34)cc2)cc1. The van der Waals surface area contributed by atoms with Crippen molar-refractivity contribution in [2.24, 2.45) is 0 Å². The van der Waals surface area contributed by atoms with Crippen molar-refractivity contribution < 1.29 is 0 Å². The number of rotatable bonds is 5. The third kappa shape index (κ3) is 4.32. The molecule has 0 amide bonds. The molecule has 0 spiro atoms. The quantitative estimate of drug-likeness (QED) is 0.219. The maximum Gasteiger partial charge on any atom is 0.146 e. The normalized spacial score (nSPS) is 11.1. The van der Waals surface area contributed by atoms with Crippen molar-refractivity contribution in [1.82, 2.24) is 4.98 Å². The topological polar surface area (TPSA) is 16.1 Å². The molecule has 6 aromatic carbocycles. The lowest BCUT2D eigenvalue weighted by atomic mass is 10.0. The molecule has 0 atom stereocenters. The summed E-state index contributed by atoms with van der Waals surface area (Å²) in [5.41, 5.74) is 7.87. The summed E-state index contributed by atoms with van der Waals surface area (Å²) >= 11 is 0. The number of fused-ring (bicyclic) bond motifs is 3. The zero-order chi connectivity index (χ0) is 26.0. The molecule has 2 heteroatoms. The fourth-order valence-electron chi connectivity index (χ4n) is 5.34. The molecule has 7 aromatic rings. The largest absolute Gasteiger partial charge is 0.294 e. The molecule has 39 heavy (non-hydrogen) atoms. The molecule has 0 N–H and O–H groups in total. The van der Waals surface area contributed by atoms with Crippen LogP contribution in [0, 0.1) is 0 Å². The van der Waals surface area contributed by atoms with Crippen LogP contribution in [0.5, 0.6) is 0 Å². The van der Waals surface area contributed by atoms with Crippen LogP contribution >= 0.6 is 0 Å². The highest BCUT2D eigenvalue weighted by Crippen LogP contribution is 2.41. The van der Waals surface area contributed by atoms with Gasteiger partial charge >= 0.3 is 0 Å². The second-order valence-corrected chi connectivity index (χ2v) is 9.66. The average molecular weight is 499 g/mol. The maximum absolute atomic E-state index is 5.27. The van der Waals surface area contributed by atoms with Crippen molar-refractivity contribution in [1.29, 1.82) is 0 Å². The van der Waals surface area contributed by atoms with Crippen LogP contribution in [0.25, 0.3) is 43.9 Å². The van der Waals surface area contributed by atoms with Gasteiger partial charge in [0.2, 0.25) is 0 Å². The number of pyridine rings is 1. The van der Waals surface area contributed by atoms with Crippen LogP contribution in [0.15, 0.2) is 158 Å². The van der Waals surface area contributed by atoms with Crippen LogP contribution in [0.3, 0.4) is 0 Å². The summed E-state index contributed by atoms with van der Waals surface area (Å²) in [6.07, 6.45) is 0. The van der Waals surface area contributed by atoms with Gasteiger partial charge in [-0.15, -0.1) is 0 Å². The zero-order valence-electron chi connectivity index (χ0n) is 21.4. The van der Waals surface area contributed by atoms with Crippen molar-refractivity contribution >= 4 is 38.9 Å². The Labute approximate surface area is 228 Å². The Bertz CT molecular complexity index is 1890. The number of hydrogen-bond acceptors (Lipinski definition) is 2. The number of hydrogen-bond donors (Lipinski definition) is 0. The molecule has 0 unspecified atom stereocenters. The van der Waals surface area contributed by atoms with Gasteiger partial charge in [-0.3, -0.25) is 4.90 Å². The van der Waals surface area contributed by atoms with Gasteiger partial charge in [-0.1, -0.05) is 127 Å². The number of benzene rings is 6.